The van der Waals surface area contributed by atoms with Crippen molar-refractivity contribution >= 4 is 29.8 Å². The van der Waals surface area contributed by atoms with E-state index in [1.807, 2.05) is 24.3 Å². The molecule has 0 saturated carbocycles. The molecule has 0 atom stereocenters. The summed E-state index contributed by atoms with van der Waals surface area (Å²) in [6.45, 7) is 4.13. The lowest BCUT2D eigenvalue weighted by molar-refractivity contribution is 0.300. The van der Waals surface area contributed by atoms with Gasteiger partial charge in [-0.15, -0.1) is 12.4 Å². The maximum Gasteiger partial charge on any atom is 0.264 e. The predicted molar refractivity (Wildman–Crippen MR) is 77.1 cm³/mol. The van der Waals surface area contributed by atoms with E-state index in [0.29, 0.717) is 5.17 Å². The summed E-state index contributed by atoms with van der Waals surface area (Å²) in [7, 11) is 0. The molecule has 0 amide bonds. The average molecular weight is 272 g/mol. The highest BCUT2D eigenvalue weighted by Crippen LogP contribution is 2.15. The second-order valence-electron chi connectivity index (χ2n) is 4.23. The second-order valence-corrected chi connectivity index (χ2v) is 4.58. The minimum absolute atomic E-state index is 0. The van der Waals surface area contributed by atoms with E-state index in [1.54, 1.807) is 0 Å². The zero-order chi connectivity index (χ0) is 11.4. The molecule has 1 aromatic carbocycles. The van der Waals surface area contributed by atoms with Crippen LogP contribution in [-0.4, -0.2) is 23.2 Å². The Hall–Kier alpha value is -0.800. The SMILES string of the molecule is Cc1ccc(OC(=S)N2CCCCC2)cc1.Cl. The first-order chi connectivity index (χ1) is 7.75. The molecule has 1 fully saturated rings. The number of piperidine rings is 1. The lowest BCUT2D eigenvalue weighted by Crippen LogP contribution is -2.37. The molecule has 94 valence electrons. The van der Waals surface area contributed by atoms with E-state index in [2.05, 4.69) is 11.8 Å². The molecule has 1 heterocycles. The summed E-state index contributed by atoms with van der Waals surface area (Å²) in [4.78, 5) is 2.15. The van der Waals surface area contributed by atoms with E-state index in [-0.39, 0.29) is 12.4 Å². The molecule has 2 nitrogen and oxygen atoms in total. The number of rotatable bonds is 1. The molecule has 0 radical (unpaired) electrons. The normalized spacial score (nSPS) is 15.0. The fraction of sp³-hybridized carbons (Fsp3) is 0.462. The molecular weight excluding hydrogens is 254 g/mol. The van der Waals surface area contributed by atoms with Gasteiger partial charge in [-0.2, -0.15) is 0 Å². The van der Waals surface area contributed by atoms with Crippen molar-refractivity contribution in [2.75, 3.05) is 13.1 Å². The van der Waals surface area contributed by atoms with Crippen molar-refractivity contribution in [1.29, 1.82) is 0 Å². The summed E-state index contributed by atoms with van der Waals surface area (Å²) in [5.41, 5.74) is 1.23. The third-order valence-electron chi connectivity index (χ3n) is 2.84. The molecule has 1 aliphatic heterocycles. The molecule has 0 aliphatic carbocycles. The number of ether oxygens (including phenoxy) is 1. The number of likely N-dealkylation sites (tertiary alicyclic amines) is 1. The molecule has 0 bridgehead atoms. The number of benzene rings is 1. The Morgan fingerprint density at radius 1 is 1.12 bits per heavy atom. The maximum atomic E-state index is 5.67. The Labute approximate surface area is 114 Å². The molecule has 17 heavy (non-hydrogen) atoms. The number of halogens is 1. The largest absolute Gasteiger partial charge is 0.432 e. The smallest absolute Gasteiger partial charge is 0.264 e. The Bertz CT molecular complexity index is 360. The van der Waals surface area contributed by atoms with E-state index in [0.717, 1.165) is 18.8 Å². The number of hydrogen-bond donors (Lipinski definition) is 0. The molecule has 4 heteroatoms. The van der Waals surface area contributed by atoms with Crippen LogP contribution in [0.1, 0.15) is 24.8 Å². The first-order valence-corrected chi connectivity index (χ1v) is 6.20. The fourth-order valence-corrected chi connectivity index (χ4v) is 2.13. The van der Waals surface area contributed by atoms with Crippen molar-refractivity contribution in [2.45, 2.75) is 26.2 Å². The van der Waals surface area contributed by atoms with Crippen LogP contribution in [0.25, 0.3) is 0 Å². The van der Waals surface area contributed by atoms with Gasteiger partial charge < -0.3 is 9.64 Å². The Morgan fingerprint density at radius 3 is 2.29 bits per heavy atom. The van der Waals surface area contributed by atoms with Crippen LogP contribution >= 0.6 is 24.6 Å². The number of nitrogens with zero attached hydrogens (tertiary/aromatic N) is 1. The summed E-state index contributed by atoms with van der Waals surface area (Å²) < 4.78 is 5.67. The minimum Gasteiger partial charge on any atom is -0.432 e. The average Bonchev–Trinajstić information content (AvgIpc) is 2.33. The summed E-state index contributed by atoms with van der Waals surface area (Å²) >= 11 is 5.29. The highest BCUT2D eigenvalue weighted by Gasteiger charge is 2.14. The van der Waals surface area contributed by atoms with E-state index < -0.39 is 0 Å². The maximum absolute atomic E-state index is 5.67. The van der Waals surface area contributed by atoms with Gasteiger partial charge in [0.15, 0.2) is 0 Å². The third-order valence-corrected chi connectivity index (χ3v) is 3.18. The van der Waals surface area contributed by atoms with Crippen molar-refractivity contribution < 1.29 is 4.74 Å². The van der Waals surface area contributed by atoms with Crippen molar-refractivity contribution in [3.8, 4) is 5.75 Å². The monoisotopic (exact) mass is 271 g/mol. The number of hydrogen-bond acceptors (Lipinski definition) is 2. The zero-order valence-corrected chi connectivity index (χ0v) is 11.6. The minimum atomic E-state index is 0. The van der Waals surface area contributed by atoms with Crippen molar-refractivity contribution in [1.82, 2.24) is 4.90 Å². The molecule has 0 N–H and O–H groups in total. The quantitative estimate of drug-likeness (QED) is 0.725. The molecule has 0 unspecified atom stereocenters. The molecule has 0 aromatic heterocycles. The second kappa shape index (κ2) is 6.82. The Balaban J connectivity index is 0.00000144. The van der Waals surface area contributed by atoms with Gasteiger partial charge in [0.25, 0.3) is 5.17 Å². The number of thiocarbonyl (C=S) groups is 1. The molecule has 2 rings (SSSR count). The van der Waals surface area contributed by atoms with Gasteiger partial charge in [-0.25, -0.2) is 0 Å². The first-order valence-electron chi connectivity index (χ1n) is 5.79. The fourth-order valence-electron chi connectivity index (χ4n) is 1.85. The Morgan fingerprint density at radius 2 is 1.71 bits per heavy atom. The van der Waals surface area contributed by atoms with Crippen LogP contribution in [0.2, 0.25) is 0 Å². The Kier molecular flexibility index (Phi) is 5.72. The molecule has 0 spiro atoms. The molecular formula is C13H18ClNOS. The van der Waals surface area contributed by atoms with Crippen molar-refractivity contribution in [3.63, 3.8) is 0 Å². The van der Waals surface area contributed by atoms with Gasteiger partial charge in [0.2, 0.25) is 0 Å². The van der Waals surface area contributed by atoms with Crippen LogP contribution in [0, 0.1) is 6.92 Å². The van der Waals surface area contributed by atoms with Crippen LogP contribution in [0.4, 0.5) is 0 Å². The van der Waals surface area contributed by atoms with E-state index in [4.69, 9.17) is 17.0 Å². The summed E-state index contributed by atoms with van der Waals surface area (Å²) in [6.07, 6.45) is 3.75. The van der Waals surface area contributed by atoms with Gasteiger partial charge in [0.1, 0.15) is 5.75 Å². The van der Waals surface area contributed by atoms with Gasteiger partial charge >= 0.3 is 0 Å². The summed E-state index contributed by atoms with van der Waals surface area (Å²) in [6, 6.07) is 8.00. The van der Waals surface area contributed by atoms with Gasteiger partial charge in [-0.3, -0.25) is 0 Å². The zero-order valence-electron chi connectivity index (χ0n) is 10.0. The first kappa shape index (κ1) is 14.3. The van der Waals surface area contributed by atoms with E-state index in [9.17, 15) is 0 Å². The van der Waals surface area contributed by atoms with E-state index in [1.165, 1.54) is 24.8 Å². The van der Waals surface area contributed by atoms with Crippen molar-refractivity contribution in [3.05, 3.63) is 29.8 Å². The topological polar surface area (TPSA) is 12.5 Å². The van der Waals surface area contributed by atoms with Crippen LogP contribution in [0.3, 0.4) is 0 Å². The summed E-state index contributed by atoms with van der Waals surface area (Å²) in [5, 5.41) is 0.614. The molecule has 1 saturated heterocycles. The standard InChI is InChI=1S/C13H17NOS.ClH/c1-11-5-7-12(8-6-11)15-13(16)14-9-3-2-4-10-14;/h5-8H,2-4,9-10H2,1H3;1H. The number of aryl methyl sites for hydroxylation is 1. The predicted octanol–water partition coefficient (Wildman–Crippen LogP) is 3.57. The van der Waals surface area contributed by atoms with Gasteiger partial charge in [0.05, 0.1) is 0 Å². The van der Waals surface area contributed by atoms with Crippen LogP contribution in [-0.2, 0) is 0 Å². The lowest BCUT2D eigenvalue weighted by Gasteiger charge is -2.28. The lowest BCUT2D eigenvalue weighted by atomic mass is 10.1. The summed E-state index contributed by atoms with van der Waals surface area (Å²) in [5.74, 6) is 0.834. The van der Waals surface area contributed by atoms with Gasteiger partial charge in [0, 0.05) is 13.1 Å². The molecule has 1 aromatic rings. The highest BCUT2D eigenvalue weighted by molar-refractivity contribution is 7.80. The van der Waals surface area contributed by atoms with Gasteiger partial charge in [-0.1, -0.05) is 17.7 Å². The van der Waals surface area contributed by atoms with E-state index >= 15 is 0 Å². The third kappa shape index (κ3) is 4.17. The van der Waals surface area contributed by atoms with Crippen LogP contribution < -0.4 is 4.74 Å². The van der Waals surface area contributed by atoms with Crippen molar-refractivity contribution in [2.24, 2.45) is 0 Å². The van der Waals surface area contributed by atoms with Crippen LogP contribution in [0.15, 0.2) is 24.3 Å². The molecule has 1 aliphatic rings. The highest BCUT2D eigenvalue weighted by atomic mass is 35.5. The van der Waals surface area contributed by atoms with Gasteiger partial charge in [-0.05, 0) is 50.5 Å². The van der Waals surface area contributed by atoms with Crippen LogP contribution in [0.5, 0.6) is 5.75 Å².